The van der Waals surface area contributed by atoms with Crippen LogP contribution in [-0.2, 0) is 16.6 Å². The van der Waals surface area contributed by atoms with Crippen LogP contribution in [0.1, 0.15) is 39.9 Å². The number of piperidine rings is 1. The summed E-state index contributed by atoms with van der Waals surface area (Å²) >= 11 is 0. The molecule has 0 unspecified atom stereocenters. The number of rotatable bonds is 5. The maximum absolute atomic E-state index is 13.7. The average Bonchev–Trinajstić information content (AvgIpc) is 3.50. The minimum Gasteiger partial charge on any atom is -0.492 e. The van der Waals surface area contributed by atoms with Crippen LogP contribution in [0, 0.1) is 6.92 Å². The van der Waals surface area contributed by atoms with Crippen molar-refractivity contribution in [3.05, 3.63) is 76.9 Å². The van der Waals surface area contributed by atoms with Crippen molar-refractivity contribution in [1.82, 2.24) is 9.80 Å². The monoisotopic (exact) mass is 538 g/mol. The molecule has 3 aromatic rings. The average molecular weight is 539 g/mol. The summed E-state index contributed by atoms with van der Waals surface area (Å²) in [6.07, 6.45) is 3.03. The van der Waals surface area contributed by atoms with Gasteiger partial charge in [-0.3, -0.25) is 9.59 Å². The molecule has 7 heteroatoms. The number of fused-ring (bicyclic) bond motifs is 3. The SMILES string of the molecule is Cc1cc(NC(=O)CN(C)C)ccc1-c1ccc(C(=O)N2CCc3cc4c(cc32)C2(CCN(C)CC2)CO4)cc1. The van der Waals surface area contributed by atoms with Gasteiger partial charge in [0, 0.05) is 34.5 Å². The van der Waals surface area contributed by atoms with Crippen LogP contribution in [0.5, 0.6) is 5.75 Å². The molecule has 6 rings (SSSR count). The zero-order valence-corrected chi connectivity index (χ0v) is 23.9. The van der Waals surface area contributed by atoms with Gasteiger partial charge in [0.2, 0.25) is 5.91 Å². The first kappa shape index (κ1) is 26.5. The van der Waals surface area contributed by atoms with Crippen molar-refractivity contribution in [3.8, 4) is 16.9 Å². The van der Waals surface area contributed by atoms with Crippen LogP contribution < -0.4 is 15.0 Å². The maximum Gasteiger partial charge on any atom is 0.258 e. The van der Waals surface area contributed by atoms with Gasteiger partial charge in [-0.05, 0) is 119 Å². The smallest absolute Gasteiger partial charge is 0.258 e. The van der Waals surface area contributed by atoms with Gasteiger partial charge in [0.15, 0.2) is 0 Å². The molecule has 1 saturated heterocycles. The summed E-state index contributed by atoms with van der Waals surface area (Å²) in [6.45, 7) is 5.96. The van der Waals surface area contributed by atoms with Crippen molar-refractivity contribution in [3.63, 3.8) is 0 Å². The van der Waals surface area contributed by atoms with Crippen LogP contribution >= 0.6 is 0 Å². The van der Waals surface area contributed by atoms with Crippen molar-refractivity contribution < 1.29 is 14.3 Å². The Labute approximate surface area is 236 Å². The Bertz CT molecular complexity index is 1460. The zero-order valence-electron chi connectivity index (χ0n) is 23.9. The number of carbonyl (C=O) groups excluding carboxylic acids is 2. The zero-order chi connectivity index (χ0) is 28.0. The first-order valence-electron chi connectivity index (χ1n) is 14.2. The Morgan fingerprint density at radius 1 is 1.00 bits per heavy atom. The summed E-state index contributed by atoms with van der Waals surface area (Å²) in [5, 5.41) is 2.95. The molecule has 1 N–H and O–H groups in total. The lowest BCUT2D eigenvalue weighted by atomic mass is 9.74. The first-order valence-corrected chi connectivity index (χ1v) is 14.2. The highest BCUT2D eigenvalue weighted by atomic mass is 16.5. The fourth-order valence-corrected chi connectivity index (χ4v) is 6.41. The lowest BCUT2D eigenvalue weighted by molar-refractivity contribution is -0.116. The number of carbonyl (C=O) groups is 2. The Kier molecular flexibility index (Phi) is 6.88. The molecular formula is C33H38N4O3. The molecule has 0 aromatic heterocycles. The minimum absolute atomic E-state index is 0.0391. The third-order valence-electron chi connectivity index (χ3n) is 8.75. The van der Waals surface area contributed by atoms with Gasteiger partial charge in [-0.25, -0.2) is 0 Å². The Morgan fingerprint density at radius 2 is 1.75 bits per heavy atom. The third-order valence-corrected chi connectivity index (χ3v) is 8.75. The summed E-state index contributed by atoms with van der Waals surface area (Å²) in [4.78, 5) is 32.0. The van der Waals surface area contributed by atoms with Crippen LogP contribution in [0.4, 0.5) is 11.4 Å². The summed E-state index contributed by atoms with van der Waals surface area (Å²) < 4.78 is 6.19. The van der Waals surface area contributed by atoms with Crippen molar-refractivity contribution in [2.75, 3.05) is 64.1 Å². The molecule has 3 heterocycles. The fraction of sp³-hybridized carbons (Fsp3) is 0.394. The minimum atomic E-state index is -0.0394. The van der Waals surface area contributed by atoms with Crippen molar-refractivity contribution >= 4 is 23.2 Å². The molecule has 0 radical (unpaired) electrons. The first-order chi connectivity index (χ1) is 19.2. The van der Waals surface area contributed by atoms with E-state index < -0.39 is 0 Å². The third kappa shape index (κ3) is 4.88. The predicted octanol–water partition coefficient (Wildman–Crippen LogP) is 4.72. The van der Waals surface area contributed by atoms with Gasteiger partial charge in [0.25, 0.3) is 5.91 Å². The number of hydrogen-bond donors (Lipinski definition) is 1. The van der Waals surface area contributed by atoms with E-state index in [1.165, 1.54) is 11.1 Å². The fourth-order valence-electron chi connectivity index (χ4n) is 6.41. The van der Waals surface area contributed by atoms with Gasteiger partial charge in [-0.1, -0.05) is 18.2 Å². The molecule has 2 amide bonds. The number of likely N-dealkylation sites (N-methyl/N-ethyl adjacent to an activating group) is 1. The number of aryl methyl sites for hydroxylation is 1. The highest BCUT2D eigenvalue weighted by molar-refractivity contribution is 6.07. The normalized spacial score (nSPS) is 17.6. The number of ether oxygens (including phenoxy) is 1. The molecule has 0 saturated carbocycles. The molecule has 0 atom stereocenters. The highest BCUT2D eigenvalue weighted by Crippen LogP contribution is 2.49. The molecular weight excluding hydrogens is 500 g/mol. The molecule has 3 aliphatic rings. The van der Waals surface area contributed by atoms with Gasteiger partial charge >= 0.3 is 0 Å². The van der Waals surface area contributed by atoms with Gasteiger partial charge in [-0.15, -0.1) is 0 Å². The second kappa shape index (κ2) is 10.4. The van der Waals surface area contributed by atoms with Gasteiger partial charge < -0.3 is 24.8 Å². The molecule has 1 fully saturated rings. The van der Waals surface area contributed by atoms with Gasteiger partial charge in [0.1, 0.15) is 5.75 Å². The number of benzene rings is 3. The van der Waals surface area contributed by atoms with E-state index in [-0.39, 0.29) is 17.2 Å². The second-order valence-corrected chi connectivity index (χ2v) is 11.9. The Hall–Kier alpha value is -3.68. The molecule has 0 bridgehead atoms. The van der Waals surface area contributed by atoms with E-state index in [0.29, 0.717) is 18.7 Å². The van der Waals surface area contributed by atoms with E-state index in [2.05, 4.69) is 29.4 Å². The number of nitrogens with one attached hydrogen (secondary N) is 1. The summed E-state index contributed by atoms with van der Waals surface area (Å²) in [6, 6.07) is 18.3. The number of hydrogen-bond acceptors (Lipinski definition) is 5. The number of nitrogens with zero attached hydrogens (tertiary/aromatic N) is 3. The van der Waals surface area contributed by atoms with E-state index in [1.807, 2.05) is 73.3 Å². The van der Waals surface area contributed by atoms with Crippen molar-refractivity contribution in [2.24, 2.45) is 0 Å². The second-order valence-electron chi connectivity index (χ2n) is 11.9. The van der Waals surface area contributed by atoms with E-state index in [0.717, 1.165) is 72.8 Å². The van der Waals surface area contributed by atoms with Crippen LogP contribution in [-0.4, -0.2) is 75.5 Å². The van der Waals surface area contributed by atoms with E-state index in [4.69, 9.17) is 4.74 Å². The summed E-state index contributed by atoms with van der Waals surface area (Å²) in [5.41, 5.74) is 8.25. The summed E-state index contributed by atoms with van der Waals surface area (Å²) in [7, 11) is 5.93. The van der Waals surface area contributed by atoms with Gasteiger partial charge in [-0.2, -0.15) is 0 Å². The number of amides is 2. The van der Waals surface area contributed by atoms with Crippen molar-refractivity contribution in [2.45, 2.75) is 31.6 Å². The molecule has 40 heavy (non-hydrogen) atoms. The Balaban J connectivity index is 1.20. The largest absolute Gasteiger partial charge is 0.492 e. The van der Waals surface area contributed by atoms with E-state index in [1.54, 1.807) is 0 Å². The molecule has 7 nitrogen and oxygen atoms in total. The maximum atomic E-state index is 13.7. The predicted molar refractivity (Wildman–Crippen MR) is 160 cm³/mol. The molecule has 3 aromatic carbocycles. The van der Waals surface area contributed by atoms with E-state index in [9.17, 15) is 9.59 Å². The van der Waals surface area contributed by atoms with Crippen LogP contribution in [0.3, 0.4) is 0 Å². The molecule has 0 aliphatic carbocycles. The van der Waals surface area contributed by atoms with E-state index >= 15 is 0 Å². The molecule has 3 aliphatic heterocycles. The van der Waals surface area contributed by atoms with Crippen LogP contribution in [0.15, 0.2) is 54.6 Å². The lowest BCUT2D eigenvalue weighted by Gasteiger charge is -2.37. The quantitative estimate of drug-likeness (QED) is 0.509. The highest BCUT2D eigenvalue weighted by Gasteiger charge is 2.44. The lowest BCUT2D eigenvalue weighted by Crippen LogP contribution is -2.42. The van der Waals surface area contributed by atoms with Crippen LogP contribution in [0.2, 0.25) is 0 Å². The Morgan fingerprint density at radius 3 is 2.45 bits per heavy atom. The topological polar surface area (TPSA) is 65.1 Å². The summed E-state index contributed by atoms with van der Waals surface area (Å²) in [5.74, 6) is 1.01. The van der Waals surface area contributed by atoms with Crippen molar-refractivity contribution in [1.29, 1.82) is 0 Å². The number of likely N-dealkylation sites (tertiary alicyclic amines) is 1. The molecule has 208 valence electrons. The molecule has 1 spiro atoms. The van der Waals surface area contributed by atoms with Gasteiger partial charge in [0.05, 0.1) is 13.2 Å². The standard InChI is InChI=1S/C33H38N4O3/c1-22-17-26(34-31(38)20-35(2)3)9-10-27(22)23-5-7-24(8-6-23)32(39)37-14-11-25-18-30-28(19-29(25)37)33(21-40-30)12-15-36(4)16-13-33/h5-10,17-19H,11-16,20-21H2,1-4H3,(H,34,38). The van der Waals surface area contributed by atoms with Crippen LogP contribution in [0.25, 0.3) is 11.1 Å². The number of anilines is 2.